The Balaban J connectivity index is 1.99. The van der Waals surface area contributed by atoms with Crippen molar-refractivity contribution in [2.24, 2.45) is 5.41 Å². The highest BCUT2D eigenvalue weighted by Gasteiger charge is 2.34. The Morgan fingerprint density at radius 2 is 2.00 bits per heavy atom. The summed E-state index contributed by atoms with van der Waals surface area (Å²) in [5, 5.41) is 0. The molecule has 1 aliphatic heterocycles. The number of halogens is 2. The second kappa shape index (κ2) is 6.54. The van der Waals surface area contributed by atoms with E-state index in [-0.39, 0.29) is 24.8 Å². The number of esters is 1. The molecule has 25 heavy (non-hydrogen) atoms. The molecule has 0 bridgehead atoms. The number of methoxy groups -OCH3 is 1. The van der Waals surface area contributed by atoms with E-state index in [0.29, 0.717) is 24.3 Å². The normalized spacial score (nSPS) is 22.0. The summed E-state index contributed by atoms with van der Waals surface area (Å²) in [5.74, 6) is -2.59. The molecule has 1 saturated heterocycles. The molecule has 0 radical (unpaired) electrons. The molecule has 0 spiro atoms. The summed E-state index contributed by atoms with van der Waals surface area (Å²) in [6.07, 6.45) is 2.80. The third kappa shape index (κ3) is 3.93. The van der Waals surface area contributed by atoms with Gasteiger partial charge in [0.15, 0.2) is 0 Å². The Bertz CT molecular complexity index is 674. The van der Waals surface area contributed by atoms with Crippen molar-refractivity contribution in [3.8, 4) is 0 Å². The molecule has 6 heteroatoms. The summed E-state index contributed by atoms with van der Waals surface area (Å²) in [4.78, 5) is 18.9. The van der Waals surface area contributed by atoms with Crippen LogP contribution < -0.4 is 4.90 Å². The maximum atomic E-state index is 13.7. The molecule has 2 heterocycles. The van der Waals surface area contributed by atoms with Crippen LogP contribution in [0.1, 0.15) is 61.1 Å². The van der Waals surface area contributed by atoms with E-state index in [1.54, 1.807) is 0 Å². The zero-order chi connectivity index (χ0) is 18.2. The second-order valence-corrected chi connectivity index (χ2v) is 7.99. The number of rotatable bonds is 2. The lowest BCUT2D eigenvalue weighted by Gasteiger charge is -2.32. The highest BCUT2D eigenvalue weighted by molar-refractivity contribution is 5.95. The zero-order valence-corrected chi connectivity index (χ0v) is 15.2. The van der Waals surface area contributed by atoms with Crippen molar-refractivity contribution in [1.29, 1.82) is 0 Å². The van der Waals surface area contributed by atoms with E-state index in [1.165, 1.54) is 7.11 Å². The standard InChI is InChI=1S/C19H26F2N2O2/c1-18(2)7-5-15-13(12-18)11-14(17(24)25-3)16(22-15)23-9-4-6-19(20,21)8-10-23/h11H,4-10,12H2,1-3H3. The quantitative estimate of drug-likeness (QED) is 0.754. The maximum absolute atomic E-state index is 13.7. The van der Waals surface area contributed by atoms with Crippen LogP contribution in [0.15, 0.2) is 6.07 Å². The van der Waals surface area contributed by atoms with E-state index in [9.17, 15) is 13.6 Å². The molecular formula is C19H26F2N2O2. The molecule has 1 aliphatic carbocycles. The van der Waals surface area contributed by atoms with Gasteiger partial charge in [0.05, 0.1) is 7.11 Å². The van der Waals surface area contributed by atoms with Crippen LogP contribution in [0.4, 0.5) is 14.6 Å². The van der Waals surface area contributed by atoms with Crippen molar-refractivity contribution < 1.29 is 18.3 Å². The van der Waals surface area contributed by atoms with Crippen molar-refractivity contribution in [3.63, 3.8) is 0 Å². The van der Waals surface area contributed by atoms with Crippen LogP contribution >= 0.6 is 0 Å². The summed E-state index contributed by atoms with van der Waals surface area (Å²) in [6, 6.07) is 1.87. The number of ether oxygens (including phenoxy) is 1. The van der Waals surface area contributed by atoms with Crippen LogP contribution in [0.3, 0.4) is 0 Å². The molecule has 0 N–H and O–H groups in total. The highest BCUT2D eigenvalue weighted by atomic mass is 19.3. The third-order valence-corrected chi connectivity index (χ3v) is 5.30. The van der Waals surface area contributed by atoms with Gasteiger partial charge in [0.2, 0.25) is 5.92 Å². The van der Waals surface area contributed by atoms with Gasteiger partial charge in [-0.25, -0.2) is 18.6 Å². The smallest absolute Gasteiger partial charge is 0.341 e. The van der Waals surface area contributed by atoms with Crippen molar-refractivity contribution in [3.05, 3.63) is 22.9 Å². The van der Waals surface area contributed by atoms with Gasteiger partial charge in [0.1, 0.15) is 11.4 Å². The first kappa shape index (κ1) is 18.1. The van der Waals surface area contributed by atoms with Gasteiger partial charge in [-0.15, -0.1) is 0 Å². The zero-order valence-electron chi connectivity index (χ0n) is 15.2. The van der Waals surface area contributed by atoms with E-state index in [4.69, 9.17) is 9.72 Å². The van der Waals surface area contributed by atoms with Crippen LogP contribution in [0.25, 0.3) is 0 Å². The summed E-state index contributed by atoms with van der Waals surface area (Å²) >= 11 is 0. The second-order valence-electron chi connectivity index (χ2n) is 7.99. The summed E-state index contributed by atoms with van der Waals surface area (Å²) in [7, 11) is 1.34. The minimum Gasteiger partial charge on any atom is -0.465 e. The molecule has 0 unspecified atom stereocenters. The molecule has 2 aliphatic rings. The largest absolute Gasteiger partial charge is 0.465 e. The fraction of sp³-hybridized carbons (Fsp3) is 0.684. The Hall–Kier alpha value is -1.72. The molecular weight excluding hydrogens is 326 g/mol. The number of hydrogen-bond donors (Lipinski definition) is 0. The molecule has 3 rings (SSSR count). The fourth-order valence-corrected chi connectivity index (χ4v) is 3.79. The predicted molar refractivity (Wildman–Crippen MR) is 92.4 cm³/mol. The lowest BCUT2D eigenvalue weighted by Crippen LogP contribution is -2.30. The van der Waals surface area contributed by atoms with Gasteiger partial charge >= 0.3 is 5.97 Å². The number of anilines is 1. The van der Waals surface area contributed by atoms with E-state index in [0.717, 1.165) is 30.5 Å². The first-order chi connectivity index (χ1) is 11.7. The van der Waals surface area contributed by atoms with Gasteiger partial charge in [-0.2, -0.15) is 0 Å². The average molecular weight is 352 g/mol. The van der Waals surface area contributed by atoms with E-state index in [2.05, 4.69) is 13.8 Å². The number of pyridine rings is 1. The molecule has 0 amide bonds. The van der Waals surface area contributed by atoms with Gasteiger partial charge in [-0.05, 0) is 42.7 Å². The first-order valence-electron chi connectivity index (χ1n) is 8.95. The van der Waals surface area contributed by atoms with Crippen molar-refractivity contribution in [2.45, 2.75) is 58.3 Å². The van der Waals surface area contributed by atoms with Gasteiger partial charge in [0.25, 0.3) is 0 Å². The topological polar surface area (TPSA) is 42.4 Å². The summed E-state index contributed by atoms with van der Waals surface area (Å²) in [5.41, 5.74) is 2.62. The fourth-order valence-electron chi connectivity index (χ4n) is 3.79. The van der Waals surface area contributed by atoms with Crippen molar-refractivity contribution in [1.82, 2.24) is 4.98 Å². The maximum Gasteiger partial charge on any atom is 0.341 e. The van der Waals surface area contributed by atoms with E-state index < -0.39 is 11.9 Å². The number of fused-ring (bicyclic) bond motifs is 1. The Labute approximate surface area is 147 Å². The molecule has 138 valence electrons. The molecule has 4 nitrogen and oxygen atoms in total. The van der Waals surface area contributed by atoms with Crippen LogP contribution in [-0.2, 0) is 17.6 Å². The minimum absolute atomic E-state index is 0.115. The van der Waals surface area contributed by atoms with Crippen molar-refractivity contribution >= 4 is 11.8 Å². The number of alkyl halides is 2. The first-order valence-corrected chi connectivity index (χ1v) is 8.95. The molecule has 1 fully saturated rings. The van der Waals surface area contributed by atoms with Gasteiger partial charge in [0, 0.05) is 31.6 Å². The Kier molecular flexibility index (Phi) is 4.73. The van der Waals surface area contributed by atoms with Crippen LogP contribution in [0, 0.1) is 5.41 Å². The predicted octanol–water partition coefficient (Wildman–Crippen LogP) is 4.01. The number of carbonyl (C=O) groups excluding carboxylic acids is 1. The number of aromatic nitrogens is 1. The Morgan fingerprint density at radius 1 is 1.24 bits per heavy atom. The molecule has 0 atom stereocenters. The number of carbonyl (C=O) groups is 1. The summed E-state index contributed by atoms with van der Waals surface area (Å²) in [6.45, 7) is 5.10. The van der Waals surface area contributed by atoms with E-state index in [1.807, 2.05) is 11.0 Å². The molecule has 1 aromatic rings. The third-order valence-electron chi connectivity index (χ3n) is 5.30. The Morgan fingerprint density at radius 3 is 2.72 bits per heavy atom. The van der Waals surface area contributed by atoms with Gasteiger partial charge in [-0.3, -0.25) is 0 Å². The number of hydrogen-bond acceptors (Lipinski definition) is 4. The number of aryl methyl sites for hydroxylation is 1. The van der Waals surface area contributed by atoms with Crippen molar-refractivity contribution in [2.75, 3.05) is 25.1 Å². The number of nitrogens with zero attached hydrogens (tertiary/aromatic N) is 2. The SMILES string of the molecule is COC(=O)c1cc2c(nc1N1CCCC(F)(F)CC1)CCC(C)(C)C2. The van der Waals surface area contributed by atoms with Crippen LogP contribution in [0.5, 0.6) is 0 Å². The minimum atomic E-state index is -2.64. The average Bonchev–Trinajstić information content (AvgIpc) is 2.73. The van der Waals surface area contributed by atoms with Gasteiger partial charge in [-0.1, -0.05) is 13.8 Å². The van der Waals surface area contributed by atoms with Gasteiger partial charge < -0.3 is 9.64 Å². The molecule has 0 aromatic carbocycles. The lowest BCUT2D eigenvalue weighted by atomic mass is 9.76. The van der Waals surface area contributed by atoms with Crippen LogP contribution in [0.2, 0.25) is 0 Å². The van der Waals surface area contributed by atoms with E-state index >= 15 is 0 Å². The summed E-state index contributed by atoms with van der Waals surface area (Å²) < 4.78 is 32.3. The molecule has 0 saturated carbocycles. The molecule has 1 aromatic heterocycles. The highest BCUT2D eigenvalue weighted by Crippen LogP contribution is 2.37. The van der Waals surface area contributed by atoms with Crippen LogP contribution in [-0.4, -0.2) is 37.1 Å². The lowest BCUT2D eigenvalue weighted by molar-refractivity contribution is -0.0102. The monoisotopic (exact) mass is 352 g/mol.